The molecule has 3 nitrogen and oxygen atoms in total. The molecule has 5 heteroatoms. The van der Waals surface area contributed by atoms with Crippen molar-refractivity contribution in [2.75, 3.05) is 18.6 Å². The Morgan fingerprint density at radius 2 is 2.41 bits per heavy atom. The Morgan fingerprint density at radius 1 is 1.65 bits per heavy atom. The topological polar surface area (TPSA) is 46.3 Å². The van der Waals surface area contributed by atoms with Crippen molar-refractivity contribution in [3.05, 3.63) is 22.4 Å². The Morgan fingerprint density at radius 3 is 3.00 bits per heavy atom. The van der Waals surface area contributed by atoms with Crippen LogP contribution in [0.3, 0.4) is 0 Å². The summed E-state index contributed by atoms with van der Waals surface area (Å²) in [4.78, 5) is 14.8. The summed E-state index contributed by atoms with van der Waals surface area (Å²) in [5.74, 6) is 1.69. The Hall–Kier alpha value is -0.520. The lowest BCUT2D eigenvalue weighted by atomic mass is 10.3. The average Bonchev–Trinajstić information content (AvgIpc) is 2.76. The van der Waals surface area contributed by atoms with Crippen LogP contribution in [0, 0.1) is 0 Å². The zero-order valence-electron chi connectivity index (χ0n) is 10.4. The summed E-state index contributed by atoms with van der Waals surface area (Å²) in [6, 6.07) is 4.29. The van der Waals surface area contributed by atoms with E-state index >= 15 is 0 Å². The van der Waals surface area contributed by atoms with Gasteiger partial charge in [-0.3, -0.25) is 4.79 Å². The minimum absolute atomic E-state index is 0.188. The smallest absolute Gasteiger partial charge is 0.232 e. The molecule has 96 valence electrons. The van der Waals surface area contributed by atoms with Crippen LogP contribution in [0.1, 0.15) is 18.2 Å². The van der Waals surface area contributed by atoms with Crippen molar-refractivity contribution in [3.63, 3.8) is 0 Å². The molecule has 0 radical (unpaired) electrons. The third kappa shape index (κ3) is 6.10. The second kappa shape index (κ2) is 7.74. The Labute approximate surface area is 111 Å². The minimum Gasteiger partial charge on any atom is -0.340 e. The maximum atomic E-state index is 11.8. The highest BCUT2D eigenvalue weighted by Crippen LogP contribution is 2.12. The Bertz CT molecular complexity index is 325. The number of amides is 1. The van der Waals surface area contributed by atoms with E-state index in [1.807, 2.05) is 25.4 Å². The van der Waals surface area contributed by atoms with Gasteiger partial charge in [0, 0.05) is 18.0 Å². The molecule has 1 rings (SSSR count). The molecule has 0 spiro atoms. The molecule has 17 heavy (non-hydrogen) atoms. The first-order valence-corrected chi connectivity index (χ1v) is 7.72. The highest BCUT2D eigenvalue weighted by Gasteiger charge is 2.09. The first kappa shape index (κ1) is 14.5. The molecule has 0 aliphatic rings. The summed E-state index contributed by atoms with van der Waals surface area (Å²) in [5, 5.41) is 2.03. The Kier molecular flexibility index (Phi) is 6.62. The first-order valence-electron chi connectivity index (χ1n) is 5.69. The zero-order chi connectivity index (χ0) is 12.7. The van der Waals surface area contributed by atoms with Crippen LogP contribution in [0.25, 0.3) is 0 Å². The highest BCUT2D eigenvalue weighted by molar-refractivity contribution is 7.99. The van der Waals surface area contributed by atoms with Gasteiger partial charge in [-0.05, 0) is 30.5 Å². The summed E-state index contributed by atoms with van der Waals surface area (Å²) in [6.45, 7) is 2.70. The molecule has 1 unspecified atom stereocenters. The van der Waals surface area contributed by atoms with Crippen LogP contribution in [0.4, 0.5) is 0 Å². The summed E-state index contributed by atoms with van der Waals surface area (Å²) in [7, 11) is 1.86. The van der Waals surface area contributed by atoms with Crippen LogP contribution in [0.15, 0.2) is 17.5 Å². The molecule has 0 saturated heterocycles. The quantitative estimate of drug-likeness (QED) is 0.774. The van der Waals surface area contributed by atoms with Crippen molar-refractivity contribution in [1.29, 1.82) is 0 Å². The number of thioether (sulfide) groups is 1. The van der Waals surface area contributed by atoms with E-state index < -0.39 is 0 Å². The van der Waals surface area contributed by atoms with Gasteiger partial charge in [-0.15, -0.1) is 11.3 Å². The molecule has 2 N–H and O–H groups in total. The van der Waals surface area contributed by atoms with Gasteiger partial charge in [-0.1, -0.05) is 6.07 Å². The molecule has 0 aromatic carbocycles. The minimum atomic E-state index is 0.188. The van der Waals surface area contributed by atoms with Crippen molar-refractivity contribution in [1.82, 2.24) is 4.90 Å². The predicted molar refractivity (Wildman–Crippen MR) is 76.4 cm³/mol. The number of carbonyl (C=O) groups is 1. The number of hydrogen-bond acceptors (Lipinski definition) is 4. The monoisotopic (exact) mass is 272 g/mol. The number of nitrogens with zero attached hydrogens (tertiary/aromatic N) is 1. The van der Waals surface area contributed by atoms with E-state index in [9.17, 15) is 4.79 Å². The van der Waals surface area contributed by atoms with E-state index in [-0.39, 0.29) is 11.9 Å². The number of rotatable bonds is 7. The van der Waals surface area contributed by atoms with Gasteiger partial charge >= 0.3 is 0 Å². The molecule has 1 aromatic rings. The maximum Gasteiger partial charge on any atom is 0.232 e. The van der Waals surface area contributed by atoms with E-state index in [0.29, 0.717) is 12.3 Å². The van der Waals surface area contributed by atoms with Crippen molar-refractivity contribution in [3.8, 4) is 0 Å². The summed E-state index contributed by atoms with van der Waals surface area (Å²) >= 11 is 3.35. The third-order valence-corrected chi connectivity index (χ3v) is 4.18. The van der Waals surface area contributed by atoms with Gasteiger partial charge in [0.15, 0.2) is 0 Å². The van der Waals surface area contributed by atoms with Crippen LogP contribution in [-0.4, -0.2) is 35.4 Å². The van der Waals surface area contributed by atoms with Crippen LogP contribution < -0.4 is 5.73 Å². The number of carbonyl (C=O) groups excluding carboxylic acids is 1. The van der Waals surface area contributed by atoms with E-state index in [2.05, 4.69) is 6.07 Å². The van der Waals surface area contributed by atoms with Gasteiger partial charge in [0.2, 0.25) is 5.91 Å². The van der Waals surface area contributed by atoms with E-state index in [4.69, 9.17) is 5.73 Å². The van der Waals surface area contributed by atoms with Crippen LogP contribution in [0.5, 0.6) is 0 Å². The molecule has 1 heterocycles. The summed E-state index contributed by atoms with van der Waals surface area (Å²) < 4.78 is 0. The van der Waals surface area contributed by atoms with Crippen molar-refractivity contribution >= 4 is 29.0 Å². The predicted octanol–water partition coefficient (Wildman–Crippen LogP) is 2.18. The highest BCUT2D eigenvalue weighted by atomic mass is 32.2. The van der Waals surface area contributed by atoms with Gasteiger partial charge < -0.3 is 10.6 Å². The number of hydrogen-bond donors (Lipinski definition) is 1. The average molecular weight is 272 g/mol. The van der Waals surface area contributed by atoms with E-state index in [1.54, 1.807) is 28.0 Å². The summed E-state index contributed by atoms with van der Waals surface area (Å²) in [6.07, 6.45) is 0.965. The molecule has 1 amide bonds. The lowest BCUT2D eigenvalue weighted by molar-refractivity contribution is -0.127. The molecule has 0 aliphatic carbocycles. The number of nitrogens with two attached hydrogens (primary N) is 1. The standard InChI is InChI=1S/C12H20N2OS2/c1-10(13)5-7-16-9-12(15)14(2)8-11-4-3-6-17-11/h3-4,6,10H,5,7-9,13H2,1-2H3. The molecule has 0 bridgehead atoms. The zero-order valence-corrected chi connectivity index (χ0v) is 12.0. The van der Waals surface area contributed by atoms with Gasteiger partial charge in [-0.25, -0.2) is 0 Å². The maximum absolute atomic E-state index is 11.8. The lowest BCUT2D eigenvalue weighted by Gasteiger charge is -2.16. The van der Waals surface area contributed by atoms with E-state index in [1.165, 1.54) is 4.88 Å². The second-order valence-electron chi connectivity index (χ2n) is 4.15. The van der Waals surface area contributed by atoms with Crippen molar-refractivity contribution in [2.24, 2.45) is 5.73 Å². The fourth-order valence-corrected chi connectivity index (χ4v) is 3.10. The molecular formula is C12H20N2OS2. The Balaban J connectivity index is 2.18. The fourth-order valence-electron chi connectivity index (χ4n) is 1.26. The van der Waals surface area contributed by atoms with Crippen LogP contribution >= 0.6 is 23.1 Å². The van der Waals surface area contributed by atoms with E-state index in [0.717, 1.165) is 12.2 Å². The molecule has 1 aromatic heterocycles. The first-order chi connectivity index (χ1) is 8.09. The van der Waals surface area contributed by atoms with Gasteiger partial charge in [0.25, 0.3) is 0 Å². The summed E-state index contributed by atoms with van der Waals surface area (Å²) in [5.41, 5.74) is 5.65. The van der Waals surface area contributed by atoms with Crippen LogP contribution in [-0.2, 0) is 11.3 Å². The third-order valence-electron chi connectivity index (χ3n) is 2.34. The molecule has 0 aliphatic heterocycles. The van der Waals surface area contributed by atoms with Gasteiger partial charge in [0.1, 0.15) is 0 Å². The molecule has 0 fully saturated rings. The van der Waals surface area contributed by atoms with Crippen LogP contribution in [0.2, 0.25) is 0 Å². The molecule has 0 saturated carbocycles. The molecule has 1 atom stereocenters. The normalized spacial score (nSPS) is 12.4. The molecular weight excluding hydrogens is 252 g/mol. The van der Waals surface area contributed by atoms with Crippen molar-refractivity contribution < 1.29 is 4.79 Å². The van der Waals surface area contributed by atoms with Gasteiger partial charge in [-0.2, -0.15) is 11.8 Å². The van der Waals surface area contributed by atoms with Gasteiger partial charge in [0.05, 0.1) is 12.3 Å². The number of thiophene rings is 1. The largest absolute Gasteiger partial charge is 0.340 e. The van der Waals surface area contributed by atoms with Crippen molar-refractivity contribution in [2.45, 2.75) is 25.9 Å². The second-order valence-corrected chi connectivity index (χ2v) is 6.29. The lowest BCUT2D eigenvalue weighted by Crippen LogP contribution is -2.27. The SMILES string of the molecule is CC(N)CCSCC(=O)N(C)Cc1cccs1. The fraction of sp³-hybridized carbons (Fsp3) is 0.583.